The molecule has 0 unspecified atom stereocenters. The maximum atomic E-state index is 12.5. The van der Waals surface area contributed by atoms with Crippen LogP contribution in [0, 0.1) is 12.8 Å². The lowest BCUT2D eigenvalue weighted by atomic mass is 9.96. The number of amides is 3. The number of hydrogen-bond donors (Lipinski definition) is 2. The van der Waals surface area contributed by atoms with E-state index in [9.17, 15) is 14.4 Å². The highest BCUT2D eigenvalue weighted by Crippen LogP contribution is 2.18. The lowest BCUT2D eigenvalue weighted by molar-refractivity contribution is -0.132. The third-order valence-corrected chi connectivity index (χ3v) is 5.01. The van der Waals surface area contributed by atoms with Gasteiger partial charge in [-0.2, -0.15) is 0 Å². The lowest BCUT2D eigenvalue weighted by Gasteiger charge is -2.32. The number of nitrogens with one attached hydrogen (secondary N) is 2. The van der Waals surface area contributed by atoms with Crippen LogP contribution in [0.25, 0.3) is 0 Å². The number of carbonyl (C=O) groups is 3. The molecule has 0 saturated carbocycles. The Balaban J connectivity index is 1.61. The third-order valence-electron chi connectivity index (χ3n) is 5.01. The van der Waals surface area contributed by atoms with E-state index in [1.54, 1.807) is 20.8 Å². The van der Waals surface area contributed by atoms with Crippen molar-refractivity contribution in [3.63, 3.8) is 0 Å². The molecule has 3 amide bonds. The average molecular weight is 418 g/mol. The maximum Gasteiger partial charge on any atom is 0.407 e. The number of alkyl carbamates (subject to hydrolysis) is 1. The molecule has 7 nitrogen and oxygen atoms in total. The minimum atomic E-state index is -0.553. The van der Waals surface area contributed by atoms with Gasteiger partial charge in [0.1, 0.15) is 5.60 Å². The van der Waals surface area contributed by atoms with Crippen molar-refractivity contribution >= 4 is 17.9 Å². The predicted octanol–water partition coefficient (Wildman–Crippen LogP) is 2.81. The molecule has 1 aliphatic rings. The summed E-state index contributed by atoms with van der Waals surface area (Å²) >= 11 is 0. The van der Waals surface area contributed by atoms with Crippen molar-refractivity contribution in [1.29, 1.82) is 0 Å². The first-order valence-electron chi connectivity index (χ1n) is 10.7. The van der Waals surface area contributed by atoms with Crippen LogP contribution in [0.3, 0.4) is 0 Å². The molecule has 1 heterocycles. The van der Waals surface area contributed by atoms with Gasteiger partial charge in [0, 0.05) is 32.6 Å². The number of piperidine rings is 1. The average Bonchev–Trinajstić information content (AvgIpc) is 2.65. The highest BCUT2D eigenvalue weighted by molar-refractivity contribution is 5.79. The SMILES string of the molecule is Cc1cccc(CC(=O)N2CCC(CNC(=O)CCNC(=O)OC(C)(C)C)CC2)c1. The van der Waals surface area contributed by atoms with E-state index < -0.39 is 11.7 Å². The molecule has 2 rings (SSSR count). The van der Waals surface area contributed by atoms with Crippen molar-refractivity contribution in [2.24, 2.45) is 5.92 Å². The summed E-state index contributed by atoms with van der Waals surface area (Å²) in [4.78, 5) is 38.0. The van der Waals surface area contributed by atoms with Crippen LogP contribution in [0.2, 0.25) is 0 Å². The standard InChI is InChI=1S/C23H35N3O4/c1-17-6-5-7-19(14-17)15-21(28)26-12-9-18(10-13-26)16-25-20(27)8-11-24-22(29)30-23(2,3)4/h5-7,14,18H,8-13,15-16H2,1-4H3,(H,24,29)(H,25,27). The Hall–Kier alpha value is -2.57. The summed E-state index contributed by atoms with van der Waals surface area (Å²) in [5.74, 6) is 0.441. The van der Waals surface area contributed by atoms with E-state index in [-0.39, 0.29) is 24.8 Å². The Kier molecular flexibility index (Phi) is 8.69. The normalized spacial score (nSPS) is 14.9. The number of carbonyl (C=O) groups excluding carboxylic acids is 3. The van der Waals surface area contributed by atoms with Gasteiger partial charge in [0.25, 0.3) is 0 Å². The van der Waals surface area contributed by atoms with Gasteiger partial charge in [-0.15, -0.1) is 0 Å². The van der Waals surface area contributed by atoms with Crippen molar-refractivity contribution < 1.29 is 19.1 Å². The molecule has 166 valence electrons. The van der Waals surface area contributed by atoms with Crippen LogP contribution in [0.4, 0.5) is 4.79 Å². The fourth-order valence-electron chi connectivity index (χ4n) is 3.43. The minimum Gasteiger partial charge on any atom is -0.444 e. The minimum absolute atomic E-state index is 0.0935. The monoisotopic (exact) mass is 417 g/mol. The Morgan fingerprint density at radius 1 is 1.13 bits per heavy atom. The van der Waals surface area contributed by atoms with Crippen molar-refractivity contribution in [2.75, 3.05) is 26.2 Å². The smallest absolute Gasteiger partial charge is 0.407 e. The van der Waals surface area contributed by atoms with E-state index in [4.69, 9.17) is 4.74 Å². The van der Waals surface area contributed by atoms with Gasteiger partial charge in [-0.1, -0.05) is 29.8 Å². The second-order valence-corrected chi connectivity index (χ2v) is 8.97. The van der Waals surface area contributed by atoms with Gasteiger partial charge in [0.15, 0.2) is 0 Å². The zero-order valence-electron chi connectivity index (χ0n) is 18.6. The summed E-state index contributed by atoms with van der Waals surface area (Å²) in [6, 6.07) is 8.06. The van der Waals surface area contributed by atoms with Crippen LogP contribution in [-0.2, 0) is 20.7 Å². The third kappa shape index (κ3) is 8.84. The molecule has 1 aromatic rings. The van der Waals surface area contributed by atoms with E-state index in [2.05, 4.69) is 16.7 Å². The van der Waals surface area contributed by atoms with E-state index in [1.807, 2.05) is 30.0 Å². The van der Waals surface area contributed by atoms with Crippen molar-refractivity contribution in [2.45, 2.75) is 59.0 Å². The van der Waals surface area contributed by atoms with Gasteiger partial charge in [0.05, 0.1) is 6.42 Å². The molecule has 0 radical (unpaired) electrons. The van der Waals surface area contributed by atoms with Crippen LogP contribution in [0.15, 0.2) is 24.3 Å². The summed E-state index contributed by atoms with van der Waals surface area (Å²) in [5.41, 5.74) is 1.66. The summed E-state index contributed by atoms with van der Waals surface area (Å²) in [7, 11) is 0. The van der Waals surface area contributed by atoms with E-state index in [1.165, 1.54) is 0 Å². The maximum absolute atomic E-state index is 12.5. The number of ether oxygens (including phenoxy) is 1. The molecule has 30 heavy (non-hydrogen) atoms. The van der Waals surface area contributed by atoms with Crippen molar-refractivity contribution in [3.8, 4) is 0 Å². The summed E-state index contributed by atoms with van der Waals surface area (Å²) < 4.78 is 5.13. The molecule has 1 aromatic carbocycles. The molecule has 0 bridgehead atoms. The largest absolute Gasteiger partial charge is 0.444 e. The highest BCUT2D eigenvalue weighted by Gasteiger charge is 2.23. The molecule has 2 N–H and O–H groups in total. The van der Waals surface area contributed by atoms with Gasteiger partial charge in [-0.25, -0.2) is 4.79 Å². The Bertz CT molecular complexity index is 734. The number of hydrogen-bond acceptors (Lipinski definition) is 4. The first-order valence-corrected chi connectivity index (χ1v) is 10.7. The number of aryl methyl sites for hydroxylation is 1. The van der Waals surface area contributed by atoms with Gasteiger partial charge < -0.3 is 20.3 Å². The Morgan fingerprint density at radius 3 is 2.47 bits per heavy atom. The van der Waals surface area contributed by atoms with E-state index in [0.29, 0.717) is 18.9 Å². The molecule has 1 fully saturated rings. The number of likely N-dealkylation sites (tertiary alicyclic amines) is 1. The van der Waals surface area contributed by atoms with Crippen LogP contribution >= 0.6 is 0 Å². The van der Waals surface area contributed by atoms with Crippen molar-refractivity contribution in [1.82, 2.24) is 15.5 Å². The summed E-state index contributed by atoms with van der Waals surface area (Å²) in [6.07, 6.45) is 1.91. The second-order valence-electron chi connectivity index (χ2n) is 8.97. The fraction of sp³-hybridized carbons (Fsp3) is 0.609. The Morgan fingerprint density at radius 2 is 1.83 bits per heavy atom. The van der Waals surface area contributed by atoms with Crippen LogP contribution in [0.5, 0.6) is 0 Å². The molecule has 7 heteroatoms. The highest BCUT2D eigenvalue weighted by atomic mass is 16.6. The summed E-state index contributed by atoms with van der Waals surface area (Å²) in [6.45, 7) is 9.71. The first kappa shape index (κ1) is 23.7. The lowest BCUT2D eigenvalue weighted by Crippen LogP contribution is -2.42. The molecular formula is C23H35N3O4. The topological polar surface area (TPSA) is 87.7 Å². The molecule has 1 aliphatic heterocycles. The van der Waals surface area contributed by atoms with Gasteiger partial charge in [-0.3, -0.25) is 9.59 Å². The van der Waals surface area contributed by atoms with Gasteiger partial charge >= 0.3 is 6.09 Å². The predicted molar refractivity (Wildman–Crippen MR) is 116 cm³/mol. The van der Waals surface area contributed by atoms with Crippen LogP contribution in [-0.4, -0.2) is 54.6 Å². The van der Waals surface area contributed by atoms with Crippen molar-refractivity contribution in [3.05, 3.63) is 35.4 Å². The zero-order chi connectivity index (χ0) is 22.1. The molecule has 0 spiro atoms. The van der Waals surface area contributed by atoms with Crippen LogP contribution in [0.1, 0.15) is 51.2 Å². The van der Waals surface area contributed by atoms with Gasteiger partial charge in [-0.05, 0) is 52.0 Å². The number of benzene rings is 1. The number of nitrogens with zero attached hydrogens (tertiary/aromatic N) is 1. The fourth-order valence-corrected chi connectivity index (χ4v) is 3.43. The van der Waals surface area contributed by atoms with E-state index >= 15 is 0 Å². The molecular weight excluding hydrogens is 382 g/mol. The quantitative estimate of drug-likeness (QED) is 0.714. The van der Waals surface area contributed by atoms with Gasteiger partial charge in [0.2, 0.25) is 11.8 Å². The first-order chi connectivity index (χ1) is 14.1. The van der Waals surface area contributed by atoms with Crippen LogP contribution < -0.4 is 10.6 Å². The molecule has 0 aliphatic carbocycles. The summed E-state index contributed by atoms with van der Waals surface area (Å²) in [5, 5.41) is 5.51. The molecule has 0 aromatic heterocycles. The Labute approximate surface area is 179 Å². The second kappa shape index (κ2) is 11.0. The zero-order valence-corrected chi connectivity index (χ0v) is 18.6. The number of rotatable bonds is 7. The molecule has 1 saturated heterocycles. The molecule has 0 atom stereocenters. The van der Waals surface area contributed by atoms with E-state index in [0.717, 1.165) is 37.1 Å².